The summed E-state index contributed by atoms with van der Waals surface area (Å²) in [5.41, 5.74) is 0. The van der Waals surface area contributed by atoms with Crippen molar-refractivity contribution in [1.29, 1.82) is 0 Å². The van der Waals surface area contributed by atoms with E-state index in [0.29, 0.717) is 13.1 Å². The Kier molecular flexibility index (Phi) is 5.52. The molecule has 1 aliphatic heterocycles. The lowest BCUT2D eigenvalue weighted by atomic mass is 9.90. The second-order valence-corrected chi connectivity index (χ2v) is 5.55. The monoisotopic (exact) mass is 292 g/mol. The first-order valence-electron chi connectivity index (χ1n) is 7.37. The van der Waals surface area contributed by atoms with Crippen molar-refractivity contribution in [3.63, 3.8) is 0 Å². The van der Waals surface area contributed by atoms with Crippen molar-refractivity contribution < 1.29 is 9.90 Å². The fourth-order valence-corrected chi connectivity index (χ4v) is 2.74. The minimum absolute atomic E-state index is 0.0259. The molecule has 0 radical (unpaired) electrons. The van der Waals surface area contributed by atoms with Gasteiger partial charge in [0, 0.05) is 26.0 Å². The van der Waals surface area contributed by atoms with Crippen molar-refractivity contribution in [3.05, 3.63) is 30.9 Å². The second-order valence-electron chi connectivity index (χ2n) is 5.55. The van der Waals surface area contributed by atoms with Gasteiger partial charge in [-0.25, -0.2) is 4.98 Å². The lowest BCUT2D eigenvalue weighted by Crippen LogP contribution is -2.42. The topological polar surface area (TPSA) is 70.4 Å². The highest BCUT2D eigenvalue weighted by atomic mass is 16.3. The lowest BCUT2D eigenvalue weighted by Gasteiger charge is -2.33. The number of rotatable bonds is 6. The van der Waals surface area contributed by atoms with Crippen molar-refractivity contribution in [2.75, 3.05) is 26.2 Å². The average molecular weight is 292 g/mol. The summed E-state index contributed by atoms with van der Waals surface area (Å²) in [6, 6.07) is 0. The highest BCUT2D eigenvalue weighted by Gasteiger charge is 2.28. The van der Waals surface area contributed by atoms with Crippen molar-refractivity contribution in [3.8, 4) is 0 Å². The molecule has 1 aromatic heterocycles. The standard InChI is InChI=1S/C15H24N4O2/c1-3-6-16-13(20)11-19-8-4-12(5-9-19)14(21)15-17-7-10-18(15)2/h3,7,10,12,14,21H,1,4-6,8-9,11H2,2H3,(H,16,20). The molecule has 0 aliphatic carbocycles. The first kappa shape index (κ1) is 15.7. The van der Waals surface area contributed by atoms with Crippen molar-refractivity contribution in [1.82, 2.24) is 19.8 Å². The number of amides is 1. The minimum Gasteiger partial charge on any atom is -0.385 e. The van der Waals surface area contributed by atoms with Gasteiger partial charge < -0.3 is 15.0 Å². The van der Waals surface area contributed by atoms with Crippen LogP contribution in [-0.4, -0.2) is 51.6 Å². The molecule has 1 aliphatic rings. The minimum atomic E-state index is -0.526. The molecule has 0 bridgehead atoms. The van der Waals surface area contributed by atoms with Crippen LogP contribution in [0.3, 0.4) is 0 Å². The molecule has 21 heavy (non-hydrogen) atoms. The van der Waals surface area contributed by atoms with E-state index in [2.05, 4.69) is 21.8 Å². The van der Waals surface area contributed by atoms with Crippen LogP contribution in [0.1, 0.15) is 24.8 Å². The van der Waals surface area contributed by atoms with Crippen LogP contribution in [0.15, 0.2) is 25.0 Å². The Bertz CT molecular complexity index is 478. The molecule has 6 nitrogen and oxygen atoms in total. The molecule has 6 heteroatoms. The summed E-state index contributed by atoms with van der Waals surface area (Å²) in [6.07, 6.45) is 6.45. The number of hydrogen-bond acceptors (Lipinski definition) is 4. The first-order valence-corrected chi connectivity index (χ1v) is 7.37. The molecular formula is C15H24N4O2. The van der Waals surface area contributed by atoms with E-state index in [0.717, 1.165) is 31.8 Å². The van der Waals surface area contributed by atoms with E-state index >= 15 is 0 Å². The molecule has 1 unspecified atom stereocenters. The van der Waals surface area contributed by atoms with E-state index < -0.39 is 6.10 Å². The number of carbonyl (C=O) groups excluding carboxylic acids is 1. The molecule has 1 atom stereocenters. The van der Waals surface area contributed by atoms with Gasteiger partial charge in [-0.2, -0.15) is 0 Å². The Labute approximate surface area is 125 Å². The summed E-state index contributed by atoms with van der Waals surface area (Å²) in [5, 5.41) is 13.2. The van der Waals surface area contributed by atoms with E-state index in [-0.39, 0.29) is 11.8 Å². The average Bonchev–Trinajstić information content (AvgIpc) is 2.91. The summed E-state index contributed by atoms with van der Waals surface area (Å²) in [4.78, 5) is 18.0. The number of imidazole rings is 1. The number of aliphatic hydroxyl groups excluding tert-OH is 1. The van der Waals surface area contributed by atoms with E-state index in [1.54, 1.807) is 12.3 Å². The third-order valence-electron chi connectivity index (χ3n) is 4.01. The van der Waals surface area contributed by atoms with Crippen LogP contribution in [0.5, 0.6) is 0 Å². The van der Waals surface area contributed by atoms with Crippen LogP contribution in [0, 0.1) is 5.92 Å². The van der Waals surface area contributed by atoms with Gasteiger partial charge in [0.25, 0.3) is 0 Å². The van der Waals surface area contributed by atoms with Crippen LogP contribution in [0.25, 0.3) is 0 Å². The van der Waals surface area contributed by atoms with Crippen LogP contribution < -0.4 is 5.32 Å². The largest absolute Gasteiger partial charge is 0.385 e. The SMILES string of the molecule is C=CCNC(=O)CN1CCC(C(O)c2nccn2C)CC1. The summed E-state index contributed by atoms with van der Waals surface area (Å²) in [6.45, 7) is 6.15. The maximum absolute atomic E-state index is 11.7. The molecule has 2 rings (SSSR count). The van der Waals surface area contributed by atoms with Crippen LogP contribution in [0.2, 0.25) is 0 Å². The number of aliphatic hydroxyl groups is 1. The lowest BCUT2D eigenvalue weighted by molar-refractivity contribution is -0.122. The van der Waals surface area contributed by atoms with Gasteiger partial charge in [-0.15, -0.1) is 6.58 Å². The van der Waals surface area contributed by atoms with Crippen molar-refractivity contribution in [2.45, 2.75) is 18.9 Å². The normalized spacial score (nSPS) is 18.4. The molecule has 0 saturated carbocycles. The van der Waals surface area contributed by atoms with Crippen molar-refractivity contribution >= 4 is 5.91 Å². The number of piperidine rings is 1. The molecule has 1 fully saturated rings. The Morgan fingerprint density at radius 3 is 2.90 bits per heavy atom. The Hall–Kier alpha value is -1.66. The molecule has 116 valence electrons. The van der Waals surface area contributed by atoms with Gasteiger partial charge in [-0.1, -0.05) is 6.08 Å². The van der Waals surface area contributed by atoms with E-state index in [1.807, 2.05) is 17.8 Å². The Morgan fingerprint density at radius 1 is 1.62 bits per heavy atom. The zero-order valence-electron chi connectivity index (χ0n) is 12.5. The van der Waals surface area contributed by atoms with Gasteiger partial charge in [0.05, 0.1) is 6.54 Å². The molecule has 1 aromatic rings. The van der Waals surface area contributed by atoms with E-state index in [4.69, 9.17) is 0 Å². The maximum Gasteiger partial charge on any atom is 0.234 e. The fourth-order valence-electron chi connectivity index (χ4n) is 2.74. The molecule has 0 spiro atoms. The predicted octanol–water partition coefficient (Wildman–Crippen LogP) is 0.468. The molecule has 2 heterocycles. The summed E-state index contributed by atoms with van der Waals surface area (Å²) >= 11 is 0. The zero-order valence-corrected chi connectivity index (χ0v) is 12.5. The third-order valence-corrected chi connectivity index (χ3v) is 4.01. The third kappa shape index (κ3) is 4.15. The van der Waals surface area contributed by atoms with Gasteiger partial charge in [-0.05, 0) is 31.8 Å². The van der Waals surface area contributed by atoms with Gasteiger partial charge in [0.2, 0.25) is 5.91 Å². The van der Waals surface area contributed by atoms with Gasteiger partial charge in [-0.3, -0.25) is 9.69 Å². The first-order chi connectivity index (χ1) is 10.1. The number of carbonyl (C=O) groups is 1. The van der Waals surface area contributed by atoms with Gasteiger partial charge >= 0.3 is 0 Å². The zero-order chi connectivity index (χ0) is 15.2. The predicted molar refractivity (Wildman–Crippen MR) is 80.5 cm³/mol. The molecule has 2 N–H and O–H groups in total. The Morgan fingerprint density at radius 2 is 2.33 bits per heavy atom. The number of likely N-dealkylation sites (tertiary alicyclic amines) is 1. The van der Waals surface area contributed by atoms with Crippen LogP contribution >= 0.6 is 0 Å². The number of hydrogen-bond donors (Lipinski definition) is 2. The molecular weight excluding hydrogens is 268 g/mol. The molecule has 1 amide bonds. The highest BCUT2D eigenvalue weighted by Crippen LogP contribution is 2.29. The van der Waals surface area contributed by atoms with Crippen LogP contribution in [0.4, 0.5) is 0 Å². The van der Waals surface area contributed by atoms with E-state index in [1.165, 1.54) is 0 Å². The maximum atomic E-state index is 11.7. The van der Waals surface area contributed by atoms with Crippen LogP contribution in [-0.2, 0) is 11.8 Å². The van der Waals surface area contributed by atoms with E-state index in [9.17, 15) is 9.90 Å². The Balaban J connectivity index is 1.79. The number of aromatic nitrogens is 2. The van der Waals surface area contributed by atoms with Gasteiger partial charge in [0.15, 0.2) is 0 Å². The molecule has 1 saturated heterocycles. The van der Waals surface area contributed by atoms with Crippen molar-refractivity contribution in [2.24, 2.45) is 13.0 Å². The number of nitrogens with one attached hydrogen (secondary N) is 1. The second kappa shape index (κ2) is 7.38. The quantitative estimate of drug-likeness (QED) is 0.748. The number of aryl methyl sites for hydroxylation is 1. The highest BCUT2D eigenvalue weighted by molar-refractivity contribution is 5.78. The number of nitrogens with zero attached hydrogens (tertiary/aromatic N) is 3. The summed E-state index contributed by atoms with van der Waals surface area (Å²) in [7, 11) is 1.89. The fraction of sp³-hybridized carbons (Fsp3) is 0.600. The molecule has 0 aromatic carbocycles. The van der Waals surface area contributed by atoms with Gasteiger partial charge in [0.1, 0.15) is 11.9 Å². The summed E-state index contributed by atoms with van der Waals surface area (Å²) < 4.78 is 1.86. The summed E-state index contributed by atoms with van der Waals surface area (Å²) in [5.74, 6) is 0.953. The smallest absolute Gasteiger partial charge is 0.234 e.